The number of hydrogen-bond donors (Lipinski definition) is 0. The second-order valence-corrected chi connectivity index (χ2v) is 7.01. The molecule has 1 atom stereocenters. The molecule has 1 unspecified atom stereocenters. The number of ether oxygens (including phenoxy) is 2. The average Bonchev–Trinajstić information content (AvgIpc) is 2.93. The first-order valence-corrected chi connectivity index (χ1v) is 8.45. The number of hydrogen-bond acceptors (Lipinski definition) is 5. The van der Waals surface area contributed by atoms with Gasteiger partial charge in [-0.15, -0.1) is 0 Å². The van der Waals surface area contributed by atoms with E-state index in [0.29, 0.717) is 6.04 Å². The number of amides is 1. The molecule has 0 aromatic rings. The van der Waals surface area contributed by atoms with E-state index >= 15 is 0 Å². The zero-order valence-corrected chi connectivity index (χ0v) is 13.9. The van der Waals surface area contributed by atoms with Gasteiger partial charge in [0.05, 0.1) is 12.2 Å². The fourth-order valence-corrected chi connectivity index (χ4v) is 3.97. The third kappa shape index (κ3) is 3.45. The number of likely N-dealkylation sites (N-methyl/N-ethyl adjacent to an activating group) is 1. The molecule has 22 heavy (non-hydrogen) atoms. The molecule has 0 aromatic heterocycles. The van der Waals surface area contributed by atoms with Crippen molar-refractivity contribution in [1.29, 1.82) is 0 Å². The van der Waals surface area contributed by atoms with Gasteiger partial charge in [0.15, 0.2) is 0 Å². The van der Waals surface area contributed by atoms with Crippen LogP contribution in [0, 0.1) is 0 Å². The molecule has 0 aromatic carbocycles. The van der Waals surface area contributed by atoms with Gasteiger partial charge >= 0.3 is 0 Å². The van der Waals surface area contributed by atoms with Crippen LogP contribution in [-0.4, -0.2) is 98.9 Å². The van der Waals surface area contributed by atoms with Gasteiger partial charge in [-0.25, -0.2) is 0 Å². The summed E-state index contributed by atoms with van der Waals surface area (Å²) in [4.78, 5) is 18.8. The van der Waals surface area contributed by atoms with E-state index < -0.39 is 0 Å². The molecule has 1 spiro atoms. The van der Waals surface area contributed by atoms with Crippen LogP contribution < -0.4 is 0 Å². The lowest BCUT2D eigenvalue weighted by Crippen LogP contribution is -2.50. The van der Waals surface area contributed by atoms with Crippen LogP contribution in [0.2, 0.25) is 0 Å². The molecule has 0 aliphatic carbocycles. The molecular formula is C16H29N3O3. The van der Waals surface area contributed by atoms with E-state index in [1.54, 1.807) is 7.11 Å². The van der Waals surface area contributed by atoms with Gasteiger partial charge in [0.2, 0.25) is 5.91 Å². The van der Waals surface area contributed by atoms with Crippen molar-refractivity contribution in [2.75, 3.05) is 66.6 Å². The maximum Gasteiger partial charge on any atom is 0.248 e. The highest BCUT2D eigenvalue weighted by atomic mass is 16.5. The van der Waals surface area contributed by atoms with Crippen LogP contribution in [0.1, 0.15) is 19.3 Å². The summed E-state index contributed by atoms with van der Waals surface area (Å²) in [6.07, 6.45) is 3.06. The average molecular weight is 311 g/mol. The number of rotatable bonds is 3. The molecule has 6 nitrogen and oxygen atoms in total. The highest BCUT2D eigenvalue weighted by Crippen LogP contribution is 2.37. The van der Waals surface area contributed by atoms with Crippen molar-refractivity contribution in [2.24, 2.45) is 0 Å². The van der Waals surface area contributed by atoms with Gasteiger partial charge in [-0.05, 0) is 26.3 Å². The Morgan fingerprint density at radius 2 is 1.86 bits per heavy atom. The second kappa shape index (κ2) is 6.83. The van der Waals surface area contributed by atoms with Crippen molar-refractivity contribution in [3.63, 3.8) is 0 Å². The fourth-order valence-electron chi connectivity index (χ4n) is 3.97. The number of piperazine rings is 1. The van der Waals surface area contributed by atoms with Crippen LogP contribution >= 0.6 is 0 Å². The third-order valence-corrected chi connectivity index (χ3v) is 5.54. The van der Waals surface area contributed by atoms with Crippen molar-refractivity contribution >= 4 is 5.91 Å². The zero-order chi connectivity index (χ0) is 15.6. The Hall–Kier alpha value is -0.690. The molecule has 6 heteroatoms. The standard InChI is InChI=1S/C16H29N3O3/c1-17-7-9-18(10-8-17)14-11-16(22-12-14)3-5-19(6-4-16)15(20)13-21-2/h14H,3-13H2,1-2H3. The van der Waals surface area contributed by atoms with Crippen LogP contribution in [0.15, 0.2) is 0 Å². The van der Waals surface area contributed by atoms with Crippen molar-refractivity contribution < 1.29 is 14.3 Å². The molecule has 0 N–H and O–H groups in total. The summed E-state index contributed by atoms with van der Waals surface area (Å²) in [5.74, 6) is 0.103. The van der Waals surface area contributed by atoms with Crippen LogP contribution in [0.3, 0.4) is 0 Å². The minimum atomic E-state index is 0.0118. The summed E-state index contributed by atoms with van der Waals surface area (Å²) in [6, 6.07) is 0.565. The summed E-state index contributed by atoms with van der Waals surface area (Å²) >= 11 is 0. The Labute approximate surface area is 133 Å². The summed E-state index contributed by atoms with van der Waals surface area (Å²) in [7, 11) is 3.76. The fraction of sp³-hybridized carbons (Fsp3) is 0.938. The van der Waals surface area contributed by atoms with E-state index in [4.69, 9.17) is 9.47 Å². The van der Waals surface area contributed by atoms with Crippen LogP contribution in [0.4, 0.5) is 0 Å². The first kappa shape index (κ1) is 16.2. The predicted octanol–water partition coefficient (Wildman–Crippen LogP) is 0.0303. The van der Waals surface area contributed by atoms with E-state index in [1.807, 2.05) is 4.90 Å². The highest BCUT2D eigenvalue weighted by molar-refractivity contribution is 5.77. The lowest BCUT2D eigenvalue weighted by molar-refractivity contribution is -0.139. The van der Waals surface area contributed by atoms with Gasteiger partial charge in [-0.2, -0.15) is 0 Å². The number of likely N-dealkylation sites (tertiary alicyclic amines) is 1. The van der Waals surface area contributed by atoms with Gasteiger partial charge in [0.25, 0.3) is 0 Å². The number of piperidine rings is 1. The van der Waals surface area contributed by atoms with Crippen LogP contribution in [0.5, 0.6) is 0 Å². The monoisotopic (exact) mass is 311 g/mol. The van der Waals surface area contributed by atoms with Gasteiger partial charge in [0, 0.05) is 52.4 Å². The van der Waals surface area contributed by atoms with E-state index in [2.05, 4.69) is 16.8 Å². The normalized spacial score (nSPS) is 30.1. The SMILES string of the molecule is COCC(=O)N1CCC2(CC1)CC(N1CCN(C)CC1)CO2. The molecule has 3 aliphatic heterocycles. The second-order valence-electron chi connectivity index (χ2n) is 7.01. The van der Waals surface area contributed by atoms with Crippen LogP contribution in [-0.2, 0) is 14.3 Å². The van der Waals surface area contributed by atoms with Gasteiger partial charge in [-0.1, -0.05) is 0 Å². The van der Waals surface area contributed by atoms with E-state index in [0.717, 1.165) is 65.1 Å². The van der Waals surface area contributed by atoms with Gasteiger partial charge in [0.1, 0.15) is 6.61 Å². The maximum atomic E-state index is 11.9. The molecule has 3 heterocycles. The molecule has 0 bridgehead atoms. The molecule has 126 valence electrons. The Balaban J connectivity index is 1.49. The molecule has 3 rings (SSSR count). The Kier molecular flexibility index (Phi) is 5.02. The highest BCUT2D eigenvalue weighted by Gasteiger charge is 2.45. The van der Waals surface area contributed by atoms with Crippen molar-refractivity contribution in [2.45, 2.75) is 30.9 Å². The molecule has 1 amide bonds. The number of carbonyl (C=O) groups excluding carboxylic acids is 1. The lowest BCUT2D eigenvalue weighted by Gasteiger charge is -2.40. The first-order chi connectivity index (χ1) is 10.6. The van der Waals surface area contributed by atoms with Crippen molar-refractivity contribution in [1.82, 2.24) is 14.7 Å². The minimum absolute atomic E-state index is 0.0118. The third-order valence-electron chi connectivity index (χ3n) is 5.54. The first-order valence-electron chi connectivity index (χ1n) is 8.45. The zero-order valence-electron chi connectivity index (χ0n) is 13.9. The van der Waals surface area contributed by atoms with Crippen molar-refractivity contribution in [3.8, 4) is 0 Å². The van der Waals surface area contributed by atoms with E-state index in [9.17, 15) is 4.79 Å². The largest absolute Gasteiger partial charge is 0.375 e. The van der Waals surface area contributed by atoms with Gasteiger partial charge in [-0.3, -0.25) is 9.69 Å². The summed E-state index contributed by atoms with van der Waals surface area (Å²) < 4.78 is 11.2. The molecule has 3 fully saturated rings. The summed E-state index contributed by atoms with van der Waals surface area (Å²) in [6.45, 7) is 7.27. The van der Waals surface area contributed by atoms with E-state index in [1.165, 1.54) is 0 Å². The molecule has 3 saturated heterocycles. The summed E-state index contributed by atoms with van der Waals surface area (Å²) in [5.41, 5.74) is 0.0118. The number of carbonyl (C=O) groups is 1. The predicted molar refractivity (Wildman–Crippen MR) is 83.8 cm³/mol. The summed E-state index contributed by atoms with van der Waals surface area (Å²) in [5, 5.41) is 0. The van der Waals surface area contributed by atoms with Crippen LogP contribution in [0.25, 0.3) is 0 Å². The Morgan fingerprint density at radius 3 is 2.50 bits per heavy atom. The van der Waals surface area contributed by atoms with Gasteiger partial charge < -0.3 is 19.3 Å². The van der Waals surface area contributed by atoms with E-state index in [-0.39, 0.29) is 18.1 Å². The topological polar surface area (TPSA) is 45.2 Å². The lowest BCUT2D eigenvalue weighted by atomic mass is 9.87. The quantitative estimate of drug-likeness (QED) is 0.736. The Morgan fingerprint density at radius 1 is 1.18 bits per heavy atom. The molecule has 0 saturated carbocycles. The number of methoxy groups -OCH3 is 1. The minimum Gasteiger partial charge on any atom is -0.375 e. The number of nitrogens with zero attached hydrogens (tertiary/aromatic N) is 3. The molecular weight excluding hydrogens is 282 g/mol. The molecule has 0 radical (unpaired) electrons. The maximum absolute atomic E-state index is 11.9. The molecule has 3 aliphatic rings. The van der Waals surface area contributed by atoms with Crippen molar-refractivity contribution in [3.05, 3.63) is 0 Å². The smallest absolute Gasteiger partial charge is 0.248 e. The Bertz CT molecular complexity index is 388.